The van der Waals surface area contributed by atoms with E-state index in [4.69, 9.17) is 0 Å². The molecular formula is C21H28FN5O4. The molecule has 2 saturated heterocycles. The van der Waals surface area contributed by atoms with Crippen LogP contribution in [0.4, 0.5) is 14.0 Å². The molecule has 1 aliphatic carbocycles. The molecule has 31 heavy (non-hydrogen) atoms. The molecule has 2 atom stereocenters. The molecular weight excluding hydrogens is 405 g/mol. The first-order valence-corrected chi connectivity index (χ1v) is 10.6. The molecule has 2 aliphatic heterocycles. The fourth-order valence-electron chi connectivity index (χ4n) is 4.78. The van der Waals surface area contributed by atoms with Crippen LogP contribution in [-0.2, 0) is 11.3 Å². The van der Waals surface area contributed by atoms with Crippen molar-refractivity contribution in [2.24, 2.45) is 5.41 Å². The number of phenols is 1. The maximum absolute atomic E-state index is 14.0. The van der Waals surface area contributed by atoms with Gasteiger partial charge >= 0.3 is 12.1 Å². The minimum Gasteiger partial charge on any atom is -0.508 e. The second-order valence-corrected chi connectivity index (χ2v) is 8.82. The molecule has 168 valence electrons. The van der Waals surface area contributed by atoms with Crippen molar-refractivity contribution >= 4 is 18.0 Å². The largest absolute Gasteiger partial charge is 0.508 e. The standard InChI is InChI=1S/C21H28FN5O4/c1-23-19(30)26-10-15(7-21(12-26)8-18(29)25-11-21)27(14-3-4-14)20(31)24-9-13-2-5-16(28)6-17(13)22/h2,5-6,14-15,28H,3-4,7-12H2,1H3,(H,23,30)(H,24,31)(H,25,29)/t15?,21-/m1/s1. The number of rotatable bonds is 4. The van der Waals surface area contributed by atoms with Crippen LogP contribution in [-0.4, -0.2) is 71.6 Å². The molecule has 5 amide bonds. The molecule has 0 bridgehead atoms. The highest BCUT2D eigenvalue weighted by molar-refractivity contribution is 5.80. The second kappa shape index (κ2) is 8.24. The molecule has 9 nitrogen and oxygen atoms in total. The Balaban J connectivity index is 1.51. The average Bonchev–Trinajstić information content (AvgIpc) is 3.50. The highest BCUT2D eigenvalue weighted by atomic mass is 19.1. The third-order valence-electron chi connectivity index (χ3n) is 6.36. The van der Waals surface area contributed by atoms with Gasteiger partial charge in [0, 0.05) is 62.7 Å². The van der Waals surface area contributed by atoms with E-state index in [1.807, 2.05) is 0 Å². The molecule has 4 N–H and O–H groups in total. The molecule has 1 spiro atoms. The smallest absolute Gasteiger partial charge is 0.318 e. The summed E-state index contributed by atoms with van der Waals surface area (Å²) in [4.78, 5) is 41.0. The first-order chi connectivity index (χ1) is 14.8. The normalized spacial score (nSPS) is 25.3. The van der Waals surface area contributed by atoms with Gasteiger partial charge in [0.2, 0.25) is 5.91 Å². The zero-order valence-electron chi connectivity index (χ0n) is 17.5. The van der Waals surface area contributed by atoms with Crippen molar-refractivity contribution in [3.8, 4) is 5.75 Å². The number of nitrogens with zero attached hydrogens (tertiary/aromatic N) is 2. The van der Waals surface area contributed by atoms with Gasteiger partial charge in [-0.1, -0.05) is 6.07 Å². The Morgan fingerprint density at radius 2 is 2.13 bits per heavy atom. The van der Waals surface area contributed by atoms with Crippen LogP contribution in [0.15, 0.2) is 18.2 Å². The van der Waals surface area contributed by atoms with Gasteiger partial charge in [0.25, 0.3) is 0 Å². The third kappa shape index (κ3) is 4.52. The van der Waals surface area contributed by atoms with Gasteiger partial charge in [0.05, 0.1) is 6.04 Å². The zero-order chi connectivity index (χ0) is 22.2. The van der Waals surface area contributed by atoms with E-state index >= 15 is 0 Å². The van der Waals surface area contributed by atoms with Crippen molar-refractivity contribution in [1.82, 2.24) is 25.8 Å². The van der Waals surface area contributed by atoms with E-state index in [0.29, 0.717) is 32.5 Å². The highest BCUT2D eigenvalue weighted by Crippen LogP contribution is 2.40. The number of nitrogens with one attached hydrogen (secondary N) is 3. The fraction of sp³-hybridized carbons (Fsp3) is 0.571. The van der Waals surface area contributed by atoms with E-state index in [0.717, 1.165) is 18.9 Å². The lowest BCUT2D eigenvalue weighted by Gasteiger charge is -2.47. The van der Waals surface area contributed by atoms with Crippen molar-refractivity contribution in [3.63, 3.8) is 0 Å². The van der Waals surface area contributed by atoms with E-state index in [9.17, 15) is 23.9 Å². The van der Waals surface area contributed by atoms with Crippen molar-refractivity contribution in [2.45, 2.75) is 44.3 Å². The molecule has 3 aliphatic rings. The number of piperidine rings is 1. The number of amides is 5. The number of hydrogen-bond acceptors (Lipinski definition) is 4. The summed E-state index contributed by atoms with van der Waals surface area (Å²) >= 11 is 0. The Labute approximate surface area is 180 Å². The monoisotopic (exact) mass is 433 g/mol. The van der Waals surface area contributed by atoms with Gasteiger partial charge in [-0.25, -0.2) is 14.0 Å². The predicted octanol–water partition coefficient (Wildman–Crippen LogP) is 1.13. The Bertz CT molecular complexity index is 893. The summed E-state index contributed by atoms with van der Waals surface area (Å²) in [6.45, 7) is 1.31. The van der Waals surface area contributed by atoms with Gasteiger partial charge in [-0.3, -0.25) is 4.79 Å². The molecule has 2 heterocycles. The molecule has 3 fully saturated rings. The SMILES string of the molecule is CNC(=O)N1CC(N(C(=O)NCc2ccc(O)cc2F)C2CC2)C[C@@]2(CNC(=O)C2)C1. The number of hydrogen-bond donors (Lipinski definition) is 4. The van der Waals surface area contributed by atoms with Gasteiger partial charge in [-0.2, -0.15) is 0 Å². The Kier molecular flexibility index (Phi) is 5.63. The summed E-state index contributed by atoms with van der Waals surface area (Å²) in [7, 11) is 1.56. The number of urea groups is 2. The van der Waals surface area contributed by atoms with Gasteiger partial charge in [0.15, 0.2) is 0 Å². The van der Waals surface area contributed by atoms with E-state index in [1.165, 1.54) is 12.1 Å². The summed E-state index contributed by atoms with van der Waals surface area (Å²) in [6.07, 6.45) is 2.70. The van der Waals surface area contributed by atoms with E-state index in [-0.39, 0.29) is 47.9 Å². The molecule has 0 aromatic heterocycles. The lowest BCUT2D eigenvalue weighted by Crippen LogP contribution is -2.61. The maximum atomic E-state index is 14.0. The van der Waals surface area contributed by atoms with Crippen LogP contribution in [0.5, 0.6) is 5.75 Å². The van der Waals surface area contributed by atoms with Gasteiger partial charge < -0.3 is 30.9 Å². The summed E-state index contributed by atoms with van der Waals surface area (Å²) in [5.41, 5.74) is -0.122. The van der Waals surface area contributed by atoms with Gasteiger partial charge in [0.1, 0.15) is 11.6 Å². The lowest BCUT2D eigenvalue weighted by molar-refractivity contribution is -0.120. The van der Waals surface area contributed by atoms with Crippen LogP contribution in [0, 0.1) is 11.2 Å². The summed E-state index contributed by atoms with van der Waals surface area (Å²) in [6, 6.07) is 3.11. The molecule has 4 rings (SSSR count). The van der Waals surface area contributed by atoms with Crippen LogP contribution in [0.3, 0.4) is 0 Å². The van der Waals surface area contributed by atoms with Crippen LogP contribution >= 0.6 is 0 Å². The number of likely N-dealkylation sites (tertiary alicyclic amines) is 1. The van der Waals surface area contributed by atoms with E-state index in [1.54, 1.807) is 16.8 Å². The molecule has 1 unspecified atom stereocenters. The topological polar surface area (TPSA) is 114 Å². The van der Waals surface area contributed by atoms with Crippen LogP contribution in [0.1, 0.15) is 31.2 Å². The summed E-state index contributed by atoms with van der Waals surface area (Å²) < 4.78 is 14.0. The summed E-state index contributed by atoms with van der Waals surface area (Å²) in [5.74, 6) is -0.798. The van der Waals surface area contributed by atoms with Crippen molar-refractivity contribution in [1.29, 1.82) is 0 Å². The van der Waals surface area contributed by atoms with E-state index < -0.39 is 11.2 Å². The number of halogens is 1. The Morgan fingerprint density at radius 1 is 1.35 bits per heavy atom. The predicted molar refractivity (Wildman–Crippen MR) is 110 cm³/mol. The minimum absolute atomic E-state index is 0.00870. The average molecular weight is 433 g/mol. The second-order valence-electron chi connectivity index (χ2n) is 8.82. The van der Waals surface area contributed by atoms with E-state index in [2.05, 4.69) is 16.0 Å². The van der Waals surface area contributed by atoms with Crippen molar-refractivity contribution < 1.29 is 23.9 Å². The Morgan fingerprint density at radius 3 is 2.74 bits per heavy atom. The number of aromatic hydroxyl groups is 1. The molecule has 1 aromatic carbocycles. The zero-order valence-corrected chi connectivity index (χ0v) is 17.5. The number of phenolic OH excluding ortho intramolecular Hbond substituents is 1. The van der Waals surface area contributed by atoms with Crippen LogP contribution in [0.2, 0.25) is 0 Å². The molecule has 1 saturated carbocycles. The molecule has 0 radical (unpaired) electrons. The van der Waals surface area contributed by atoms with Crippen molar-refractivity contribution in [2.75, 3.05) is 26.7 Å². The van der Waals surface area contributed by atoms with Gasteiger partial charge in [-0.15, -0.1) is 0 Å². The quantitative estimate of drug-likeness (QED) is 0.570. The number of benzene rings is 1. The number of carbonyl (C=O) groups is 3. The Hall–Kier alpha value is -3.04. The third-order valence-corrected chi connectivity index (χ3v) is 6.36. The molecule has 10 heteroatoms. The minimum atomic E-state index is -0.587. The van der Waals surface area contributed by atoms with Crippen LogP contribution < -0.4 is 16.0 Å². The van der Waals surface area contributed by atoms with Crippen LogP contribution in [0.25, 0.3) is 0 Å². The first kappa shape index (κ1) is 21.2. The maximum Gasteiger partial charge on any atom is 0.318 e. The van der Waals surface area contributed by atoms with Crippen molar-refractivity contribution in [3.05, 3.63) is 29.6 Å². The fourth-order valence-corrected chi connectivity index (χ4v) is 4.78. The first-order valence-electron chi connectivity index (χ1n) is 10.6. The highest BCUT2D eigenvalue weighted by Gasteiger charge is 2.50. The molecule has 1 aromatic rings. The lowest BCUT2D eigenvalue weighted by atomic mass is 9.76. The van der Waals surface area contributed by atoms with Gasteiger partial charge in [-0.05, 0) is 25.3 Å². The summed E-state index contributed by atoms with van der Waals surface area (Å²) in [5, 5.41) is 17.7. The number of carbonyl (C=O) groups excluding carboxylic acids is 3.